The van der Waals surface area contributed by atoms with Crippen molar-refractivity contribution in [2.45, 2.75) is 30.5 Å². The first kappa shape index (κ1) is 19.6. The lowest BCUT2D eigenvalue weighted by atomic mass is 10.3. The predicted octanol–water partition coefficient (Wildman–Crippen LogP) is 1.35. The zero-order valence-electron chi connectivity index (χ0n) is 11.5. The Hall–Kier alpha value is -0.390. The van der Waals surface area contributed by atoms with Gasteiger partial charge in [0.2, 0.25) is 10.0 Å². The van der Waals surface area contributed by atoms with Crippen molar-refractivity contribution < 1.29 is 8.42 Å². The van der Waals surface area contributed by atoms with E-state index in [1.54, 1.807) is 17.5 Å². The van der Waals surface area contributed by atoms with Crippen LogP contribution in [0.25, 0.3) is 0 Å². The number of guanidine groups is 1. The average molecular weight is 432 g/mol. The topological polar surface area (TPSA) is 96.6 Å². The van der Waals surface area contributed by atoms with Crippen molar-refractivity contribution in [3.63, 3.8) is 0 Å². The number of nitrogens with zero attached hydrogens (tertiary/aromatic N) is 1. The maximum Gasteiger partial charge on any atom is 0.250 e. The molecule has 0 saturated carbocycles. The molecule has 1 aromatic rings. The molecular formula is C11H21IN4O2S2. The molecule has 0 amide bonds. The maximum atomic E-state index is 11.8. The molecule has 0 spiro atoms. The summed E-state index contributed by atoms with van der Waals surface area (Å²) in [6.07, 6.45) is 0.946. The maximum absolute atomic E-state index is 11.8. The molecule has 0 aromatic carbocycles. The minimum absolute atomic E-state index is 0. The van der Waals surface area contributed by atoms with Crippen molar-refractivity contribution in [2.24, 2.45) is 10.7 Å². The molecule has 1 unspecified atom stereocenters. The molecule has 0 aliphatic rings. The van der Waals surface area contributed by atoms with Crippen molar-refractivity contribution in [2.75, 3.05) is 13.1 Å². The summed E-state index contributed by atoms with van der Waals surface area (Å²) >= 11 is 1.18. The van der Waals surface area contributed by atoms with Gasteiger partial charge in [-0.2, -0.15) is 0 Å². The van der Waals surface area contributed by atoms with Crippen molar-refractivity contribution in [1.82, 2.24) is 10.0 Å². The summed E-state index contributed by atoms with van der Waals surface area (Å²) in [6.45, 7) is 4.57. The fourth-order valence-corrected chi connectivity index (χ4v) is 3.30. The van der Waals surface area contributed by atoms with Crippen LogP contribution in [0.3, 0.4) is 0 Å². The Balaban J connectivity index is 0.00000361. The van der Waals surface area contributed by atoms with Crippen LogP contribution in [0.4, 0.5) is 0 Å². The fraction of sp³-hybridized carbons (Fsp3) is 0.545. The summed E-state index contributed by atoms with van der Waals surface area (Å²) in [7, 11) is -3.40. The van der Waals surface area contributed by atoms with Gasteiger partial charge in [-0.3, -0.25) is 4.99 Å². The minimum atomic E-state index is -3.40. The van der Waals surface area contributed by atoms with Gasteiger partial charge < -0.3 is 11.1 Å². The Morgan fingerprint density at radius 2 is 2.25 bits per heavy atom. The Labute approximate surface area is 141 Å². The minimum Gasteiger partial charge on any atom is -0.370 e. The van der Waals surface area contributed by atoms with Gasteiger partial charge in [-0.25, -0.2) is 13.1 Å². The monoisotopic (exact) mass is 432 g/mol. The Morgan fingerprint density at radius 3 is 2.80 bits per heavy atom. The summed E-state index contributed by atoms with van der Waals surface area (Å²) in [5, 5.41) is 4.73. The highest BCUT2D eigenvalue weighted by Gasteiger charge is 2.13. The molecule has 20 heavy (non-hydrogen) atoms. The number of sulfonamides is 1. The SMILES string of the molecule is CCC(C)NC(N)=NCCNS(=O)(=O)c1cccs1.I. The second-order valence-corrected chi connectivity index (χ2v) is 6.99. The molecule has 1 atom stereocenters. The number of rotatable bonds is 7. The van der Waals surface area contributed by atoms with E-state index in [1.807, 2.05) is 13.8 Å². The van der Waals surface area contributed by atoms with Gasteiger partial charge in [0.1, 0.15) is 4.21 Å². The first-order valence-electron chi connectivity index (χ1n) is 6.05. The second-order valence-electron chi connectivity index (χ2n) is 4.05. The molecule has 0 saturated heterocycles. The third kappa shape index (κ3) is 6.86. The van der Waals surface area contributed by atoms with Crippen LogP contribution in [0.15, 0.2) is 26.7 Å². The molecule has 0 bridgehead atoms. The van der Waals surface area contributed by atoms with E-state index in [2.05, 4.69) is 15.0 Å². The van der Waals surface area contributed by atoms with E-state index in [4.69, 9.17) is 5.73 Å². The summed E-state index contributed by atoms with van der Waals surface area (Å²) in [5.41, 5.74) is 5.66. The molecule has 1 heterocycles. The number of nitrogens with two attached hydrogens (primary N) is 1. The molecule has 4 N–H and O–H groups in total. The molecule has 0 radical (unpaired) electrons. The fourth-order valence-electron chi connectivity index (χ4n) is 1.24. The molecule has 0 aliphatic heterocycles. The molecule has 9 heteroatoms. The lowest BCUT2D eigenvalue weighted by molar-refractivity contribution is 0.584. The van der Waals surface area contributed by atoms with Gasteiger partial charge in [0, 0.05) is 12.6 Å². The van der Waals surface area contributed by atoms with Crippen LogP contribution >= 0.6 is 35.3 Å². The first-order valence-corrected chi connectivity index (χ1v) is 8.41. The van der Waals surface area contributed by atoms with Crippen LogP contribution in [-0.4, -0.2) is 33.5 Å². The summed E-state index contributed by atoms with van der Waals surface area (Å²) in [5.74, 6) is 0.338. The third-order valence-electron chi connectivity index (χ3n) is 2.45. The van der Waals surface area contributed by atoms with Gasteiger partial charge in [-0.05, 0) is 24.8 Å². The van der Waals surface area contributed by atoms with Crippen molar-refractivity contribution in [3.8, 4) is 0 Å². The Morgan fingerprint density at radius 1 is 1.55 bits per heavy atom. The molecule has 116 valence electrons. The predicted molar refractivity (Wildman–Crippen MR) is 94.3 cm³/mol. The molecular weight excluding hydrogens is 411 g/mol. The third-order valence-corrected chi connectivity index (χ3v) is 5.31. The Kier molecular flexibility index (Phi) is 9.34. The highest BCUT2D eigenvalue weighted by molar-refractivity contribution is 14.0. The first-order chi connectivity index (χ1) is 8.95. The number of halogens is 1. The van der Waals surface area contributed by atoms with Gasteiger partial charge in [0.25, 0.3) is 0 Å². The lowest BCUT2D eigenvalue weighted by Crippen LogP contribution is -2.38. The van der Waals surface area contributed by atoms with E-state index in [0.717, 1.165) is 6.42 Å². The molecule has 0 aliphatic carbocycles. The number of thiophene rings is 1. The zero-order chi connectivity index (χ0) is 14.3. The summed E-state index contributed by atoms with van der Waals surface area (Å²) in [4.78, 5) is 4.06. The average Bonchev–Trinajstić information content (AvgIpc) is 2.89. The van der Waals surface area contributed by atoms with Gasteiger partial charge >= 0.3 is 0 Å². The van der Waals surface area contributed by atoms with Crippen molar-refractivity contribution in [3.05, 3.63) is 17.5 Å². The largest absolute Gasteiger partial charge is 0.370 e. The van der Waals surface area contributed by atoms with E-state index in [9.17, 15) is 8.42 Å². The molecule has 1 rings (SSSR count). The normalized spacial score (nSPS) is 13.6. The lowest BCUT2D eigenvalue weighted by Gasteiger charge is -2.11. The van der Waals surface area contributed by atoms with Crippen molar-refractivity contribution in [1.29, 1.82) is 0 Å². The van der Waals surface area contributed by atoms with Crippen LogP contribution < -0.4 is 15.8 Å². The number of nitrogens with one attached hydrogen (secondary N) is 2. The van der Waals surface area contributed by atoms with Crippen LogP contribution in [-0.2, 0) is 10.0 Å². The molecule has 0 fully saturated rings. The number of hydrogen-bond donors (Lipinski definition) is 3. The standard InChI is InChI=1S/C11H20N4O2S2.HI/c1-3-9(2)15-11(12)13-6-7-14-19(16,17)10-5-4-8-18-10;/h4-5,8-9,14H,3,6-7H2,1-2H3,(H3,12,13,15);1H. The summed E-state index contributed by atoms with van der Waals surface area (Å²) < 4.78 is 26.3. The van der Waals surface area contributed by atoms with Crippen LogP contribution in [0.5, 0.6) is 0 Å². The smallest absolute Gasteiger partial charge is 0.250 e. The van der Waals surface area contributed by atoms with Crippen molar-refractivity contribution >= 4 is 51.3 Å². The van der Waals surface area contributed by atoms with Crippen LogP contribution in [0, 0.1) is 0 Å². The highest BCUT2D eigenvalue weighted by Crippen LogP contribution is 2.14. The molecule has 6 nitrogen and oxygen atoms in total. The van der Waals surface area contributed by atoms with E-state index in [-0.39, 0.29) is 36.6 Å². The Bertz CT molecular complexity index is 503. The second kappa shape index (κ2) is 9.53. The van der Waals surface area contributed by atoms with E-state index in [0.29, 0.717) is 16.7 Å². The van der Waals surface area contributed by atoms with Gasteiger partial charge in [0.15, 0.2) is 5.96 Å². The van der Waals surface area contributed by atoms with Crippen LogP contribution in [0.2, 0.25) is 0 Å². The van der Waals surface area contributed by atoms with Gasteiger partial charge in [0.05, 0.1) is 6.54 Å². The summed E-state index contributed by atoms with van der Waals surface area (Å²) in [6, 6.07) is 3.52. The van der Waals surface area contributed by atoms with Crippen LogP contribution in [0.1, 0.15) is 20.3 Å². The highest BCUT2D eigenvalue weighted by atomic mass is 127. The van der Waals surface area contributed by atoms with Gasteiger partial charge in [-0.15, -0.1) is 35.3 Å². The van der Waals surface area contributed by atoms with Gasteiger partial charge in [-0.1, -0.05) is 13.0 Å². The number of aliphatic imine (C=N–C) groups is 1. The van der Waals surface area contributed by atoms with E-state index >= 15 is 0 Å². The molecule has 1 aromatic heterocycles. The quantitative estimate of drug-likeness (QED) is 0.262. The zero-order valence-corrected chi connectivity index (χ0v) is 15.5. The van der Waals surface area contributed by atoms with E-state index < -0.39 is 10.0 Å². The number of hydrogen-bond acceptors (Lipinski definition) is 4. The van der Waals surface area contributed by atoms with E-state index in [1.165, 1.54) is 11.3 Å².